The van der Waals surface area contributed by atoms with Gasteiger partial charge in [-0.15, -0.1) is 11.8 Å². The summed E-state index contributed by atoms with van der Waals surface area (Å²) in [5.41, 5.74) is -0.741. The second-order valence-electron chi connectivity index (χ2n) is 5.98. The minimum absolute atomic E-state index is 0.0572. The first kappa shape index (κ1) is 14.7. The molecule has 0 aromatic carbocycles. The zero-order valence-corrected chi connectivity index (χ0v) is 12.5. The molecular weight excluding hydrogens is 262 g/mol. The van der Waals surface area contributed by atoms with Gasteiger partial charge in [0, 0.05) is 13.1 Å². The van der Waals surface area contributed by atoms with E-state index >= 15 is 0 Å². The summed E-state index contributed by atoms with van der Waals surface area (Å²) in [6.45, 7) is 4.87. The van der Waals surface area contributed by atoms with Gasteiger partial charge in [-0.2, -0.15) is 0 Å². The van der Waals surface area contributed by atoms with E-state index in [1.807, 2.05) is 13.8 Å². The third-order valence-electron chi connectivity index (χ3n) is 4.60. The van der Waals surface area contributed by atoms with Crippen molar-refractivity contribution in [2.75, 3.05) is 18.8 Å². The summed E-state index contributed by atoms with van der Waals surface area (Å²) in [7, 11) is 0. The van der Waals surface area contributed by atoms with Crippen LogP contribution in [-0.4, -0.2) is 46.0 Å². The molecule has 2 aliphatic heterocycles. The van der Waals surface area contributed by atoms with Gasteiger partial charge >= 0.3 is 5.97 Å². The molecule has 0 aromatic heterocycles. The van der Waals surface area contributed by atoms with Crippen LogP contribution in [0, 0.1) is 11.3 Å². The average molecular weight is 285 g/mol. The van der Waals surface area contributed by atoms with Crippen LogP contribution >= 0.6 is 11.8 Å². The molecule has 0 bridgehead atoms. The maximum atomic E-state index is 12.4. The predicted octanol–water partition coefficient (Wildman–Crippen LogP) is 2.23. The van der Waals surface area contributed by atoms with E-state index in [1.54, 1.807) is 16.7 Å². The summed E-state index contributed by atoms with van der Waals surface area (Å²) in [6.07, 6.45) is 3.84. The molecule has 2 aliphatic rings. The van der Waals surface area contributed by atoms with Crippen LogP contribution in [-0.2, 0) is 9.59 Å². The van der Waals surface area contributed by atoms with Gasteiger partial charge in [0.25, 0.3) is 0 Å². The average Bonchev–Trinajstić information content (AvgIpc) is 2.85. The molecule has 2 heterocycles. The molecule has 108 valence electrons. The molecule has 0 saturated carbocycles. The molecule has 0 radical (unpaired) electrons. The van der Waals surface area contributed by atoms with E-state index in [2.05, 4.69) is 0 Å². The molecule has 1 N–H and O–H groups in total. The lowest BCUT2D eigenvalue weighted by Gasteiger charge is -2.30. The molecule has 2 unspecified atom stereocenters. The van der Waals surface area contributed by atoms with Crippen molar-refractivity contribution in [2.24, 2.45) is 11.3 Å². The zero-order valence-electron chi connectivity index (χ0n) is 11.7. The van der Waals surface area contributed by atoms with Crippen LogP contribution in [0.15, 0.2) is 0 Å². The van der Waals surface area contributed by atoms with Crippen molar-refractivity contribution < 1.29 is 14.7 Å². The lowest BCUT2D eigenvalue weighted by Crippen LogP contribution is -2.43. The SMILES string of the molecule is CC(C)C1(C(=O)O)CCN(C(=O)C2CCCCS2)C1. The van der Waals surface area contributed by atoms with Crippen molar-refractivity contribution in [1.29, 1.82) is 0 Å². The standard InChI is InChI=1S/C14H23NO3S/c1-10(2)14(13(17)18)6-7-15(9-14)12(16)11-5-3-4-8-19-11/h10-11H,3-9H2,1-2H3,(H,17,18). The maximum Gasteiger partial charge on any atom is 0.311 e. The van der Waals surface area contributed by atoms with Crippen molar-refractivity contribution in [2.45, 2.75) is 44.8 Å². The number of carbonyl (C=O) groups is 2. The Balaban J connectivity index is 2.04. The Morgan fingerprint density at radius 3 is 2.58 bits per heavy atom. The highest BCUT2D eigenvalue weighted by Gasteiger charge is 2.49. The number of aliphatic carboxylic acids is 1. The maximum absolute atomic E-state index is 12.4. The molecule has 19 heavy (non-hydrogen) atoms. The molecule has 1 amide bonds. The van der Waals surface area contributed by atoms with Gasteiger partial charge in [-0.25, -0.2) is 0 Å². The van der Waals surface area contributed by atoms with Crippen molar-refractivity contribution in [3.8, 4) is 0 Å². The molecule has 0 spiro atoms. The van der Waals surface area contributed by atoms with Crippen LogP contribution in [0.25, 0.3) is 0 Å². The predicted molar refractivity (Wildman–Crippen MR) is 76.2 cm³/mol. The second kappa shape index (κ2) is 5.73. The van der Waals surface area contributed by atoms with Crippen molar-refractivity contribution >= 4 is 23.6 Å². The van der Waals surface area contributed by atoms with E-state index in [-0.39, 0.29) is 17.1 Å². The fourth-order valence-electron chi connectivity index (χ4n) is 3.05. The summed E-state index contributed by atoms with van der Waals surface area (Å²) >= 11 is 1.74. The van der Waals surface area contributed by atoms with Gasteiger partial charge in [0.1, 0.15) is 0 Å². The fraction of sp³-hybridized carbons (Fsp3) is 0.857. The van der Waals surface area contributed by atoms with Crippen molar-refractivity contribution in [3.63, 3.8) is 0 Å². The van der Waals surface area contributed by atoms with Crippen LogP contribution in [0.5, 0.6) is 0 Å². The number of carboxylic acid groups (broad SMARTS) is 1. The zero-order chi connectivity index (χ0) is 14.0. The minimum Gasteiger partial charge on any atom is -0.481 e. The number of hydrogen-bond acceptors (Lipinski definition) is 3. The molecule has 2 rings (SSSR count). The van der Waals surface area contributed by atoms with E-state index in [0.717, 1.165) is 18.6 Å². The number of carbonyl (C=O) groups excluding carboxylic acids is 1. The highest BCUT2D eigenvalue weighted by atomic mass is 32.2. The third kappa shape index (κ3) is 2.76. The smallest absolute Gasteiger partial charge is 0.311 e. The number of rotatable bonds is 3. The van der Waals surface area contributed by atoms with Gasteiger partial charge in [-0.3, -0.25) is 9.59 Å². The quantitative estimate of drug-likeness (QED) is 0.864. The van der Waals surface area contributed by atoms with Crippen LogP contribution in [0.4, 0.5) is 0 Å². The van der Waals surface area contributed by atoms with E-state index in [0.29, 0.717) is 19.5 Å². The first-order valence-corrected chi connectivity index (χ1v) is 8.16. The lowest BCUT2D eigenvalue weighted by atomic mass is 9.76. The fourth-order valence-corrected chi connectivity index (χ4v) is 4.33. The summed E-state index contributed by atoms with van der Waals surface area (Å²) in [5, 5.41) is 9.56. The van der Waals surface area contributed by atoms with Gasteiger partial charge in [0.05, 0.1) is 10.7 Å². The molecule has 0 aliphatic carbocycles. The Morgan fingerprint density at radius 1 is 1.37 bits per heavy atom. The number of nitrogens with zero attached hydrogens (tertiary/aromatic N) is 1. The first-order valence-electron chi connectivity index (χ1n) is 7.11. The van der Waals surface area contributed by atoms with Crippen LogP contribution < -0.4 is 0 Å². The molecule has 0 aromatic rings. The van der Waals surface area contributed by atoms with Gasteiger partial charge < -0.3 is 10.0 Å². The van der Waals surface area contributed by atoms with Gasteiger partial charge in [-0.1, -0.05) is 20.3 Å². The normalized spacial score (nSPS) is 31.7. The molecule has 4 nitrogen and oxygen atoms in total. The van der Waals surface area contributed by atoms with E-state index in [1.165, 1.54) is 6.42 Å². The third-order valence-corrected chi connectivity index (χ3v) is 5.96. The monoisotopic (exact) mass is 285 g/mol. The number of carboxylic acids is 1. The second-order valence-corrected chi connectivity index (χ2v) is 7.29. The molecule has 5 heteroatoms. The van der Waals surface area contributed by atoms with Crippen LogP contribution in [0.2, 0.25) is 0 Å². The largest absolute Gasteiger partial charge is 0.481 e. The van der Waals surface area contributed by atoms with E-state index in [9.17, 15) is 14.7 Å². The van der Waals surface area contributed by atoms with Gasteiger partial charge in [0.2, 0.25) is 5.91 Å². The van der Waals surface area contributed by atoms with Crippen molar-refractivity contribution in [3.05, 3.63) is 0 Å². The Morgan fingerprint density at radius 2 is 2.11 bits per heavy atom. The Hall–Kier alpha value is -0.710. The number of hydrogen-bond donors (Lipinski definition) is 1. The Kier molecular flexibility index (Phi) is 4.43. The van der Waals surface area contributed by atoms with E-state index < -0.39 is 11.4 Å². The molecule has 2 saturated heterocycles. The van der Waals surface area contributed by atoms with Crippen LogP contribution in [0.1, 0.15) is 39.5 Å². The topological polar surface area (TPSA) is 57.6 Å². The number of thioether (sulfide) groups is 1. The highest BCUT2D eigenvalue weighted by molar-refractivity contribution is 8.00. The lowest BCUT2D eigenvalue weighted by molar-refractivity contribution is -0.151. The molecule has 2 atom stereocenters. The van der Waals surface area contributed by atoms with Gasteiger partial charge in [0.15, 0.2) is 0 Å². The summed E-state index contributed by atoms with van der Waals surface area (Å²) in [4.78, 5) is 25.8. The van der Waals surface area contributed by atoms with Crippen molar-refractivity contribution in [1.82, 2.24) is 4.90 Å². The van der Waals surface area contributed by atoms with E-state index in [4.69, 9.17) is 0 Å². The minimum atomic E-state index is -0.755. The highest BCUT2D eigenvalue weighted by Crippen LogP contribution is 2.39. The summed E-state index contributed by atoms with van der Waals surface area (Å²) in [6, 6.07) is 0. The molecular formula is C14H23NO3S. The Labute approximate surface area is 118 Å². The summed E-state index contributed by atoms with van der Waals surface area (Å²) in [5.74, 6) is 0.516. The van der Waals surface area contributed by atoms with Gasteiger partial charge in [-0.05, 0) is 30.9 Å². The number of likely N-dealkylation sites (tertiary alicyclic amines) is 1. The van der Waals surface area contributed by atoms with Crippen LogP contribution in [0.3, 0.4) is 0 Å². The summed E-state index contributed by atoms with van der Waals surface area (Å²) < 4.78 is 0. The first-order chi connectivity index (χ1) is 8.97. The molecule has 2 fully saturated rings. The Bertz CT molecular complexity index is 366. The number of amides is 1.